The molecule has 0 unspecified atom stereocenters. The molecule has 0 spiro atoms. The Labute approximate surface area is 126 Å². The lowest BCUT2D eigenvalue weighted by molar-refractivity contribution is -0.144. The van der Waals surface area contributed by atoms with Crippen LogP contribution in [0.15, 0.2) is 24.3 Å². The van der Waals surface area contributed by atoms with Gasteiger partial charge in [-0.05, 0) is 48.6 Å². The zero-order valence-electron chi connectivity index (χ0n) is 11.3. The molecule has 0 aliphatic carbocycles. The van der Waals surface area contributed by atoms with Crippen LogP contribution in [-0.2, 0) is 4.79 Å². The van der Waals surface area contributed by atoms with Crippen LogP contribution in [0, 0.1) is 3.57 Å². The minimum atomic E-state index is -0.789. The predicted molar refractivity (Wildman–Crippen MR) is 81.9 cm³/mol. The predicted octanol–water partition coefficient (Wildman–Crippen LogP) is 1.98. The van der Waals surface area contributed by atoms with Crippen molar-refractivity contribution in [1.29, 1.82) is 0 Å². The number of carbonyl (C=O) groups is 2. The normalized spacial score (nSPS) is 18.6. The molecular weight excluding hydrogens is 355 g/mol. The van der Waals surface area contributed by atoms with Gasteiger partial charge in [-0.15, -0.1) is 0 Å². The van der Waals surface area contributed by atoms with Gasteiger partial charge in [0.2, 0.25) is 5.91 Å². The molecule has 1 aliphatic rings. The summed E-state index contributed by atoms with van der Waals surface area (Å²) in [5, 5.41) is 0. The standard InChI is InChI=1S/C14H17IN2O2/c1-14(2)13(19)16(3)8-9-17(14)12(18)10-6-4-5-7-11(10)15/h4-7H,8-9H2,1-3H3. The molecule has 1 aromatic rings. The van der Waals surface area contributed by atoms with Gasteiger partial charge in [-0.1, -0.05) is 12.1 Å². The van der Waals surface area contributed by atoms with Crippen molar-refractivity contribution in [3.05, 3.63) is 33.4 Å². The van der Waals surface area contributed by atoms with Crippen molar-refractivity contribution in [3.8, 4) is 0 Å². The topological polar surface area (TPSA) is 40.6 Å². The van der Waals surface area contributed by atoms with Crippen molar-refractivity contribution in [2.24, 2.45) is 0 Å². The van der Waals surface area contributed by atoms with Gasteiger partial charge in [0.1, 0.15) is 5.54 Å². The first kappa shape index (κ1) is 14.3. The molecule has 1 saturated heterocycles. The van der Waals surface area contributed by atoms with E-state index < -0.39 is 5.54 Å². The lowest BCUT2D eigenvalue weighted by atomic mass is 9.96. The van der Waals surface area contributed by atoms with E-state index in [0.29, 0.717) is 18.7 Å². The fourth-order valence-electron chi connectivity index (χ4n) is 2.35. The molecule has 5 heteroatoms. The van der Waals surface area contributed by atoms with Crippen LogP contribution >= 0.6 is 22.6 Å². The highest BCUT2D eigenvalue weighted by Crippen LogP contribution is 2.25. The highest BCUT2D eigenvalue weighted by molar-refractivity contribution is 14.1. The molecular formula is C14H17IN2O2. The van der Waals surface area contributed by atoms with Crippen molar-refractivity contribution in [2.75, 3.05) is 20.1 Å². The molecule has 2 rings (SSSR count). The van der Waals surface area contributed by atoms with E-state index >= 15 is 0 Å². The monoisotopic (exact) mass is 372 g/mol. The number of halogens is 1. The van der Waals surface area contributed by atoms with Crippen LogP contribution in [-0.4, -0.2) is 47.3 Å². The lowest BCUT2D eigenvalue weighted by Crippen LogP contribution is -2.63. The van der Waals surface area contributed by atoms with E-state index in [1.807, 2.05) is 24.3 Å². The van der Waals surface area contributed by atoms with Gasteiger partial charge < -0.3 is 9.80 Å². The first-order valence-electron chi connectivity index (χ1n) is 6.18. The fraction of sp³-hybridized carbons (Fsp3) is 0.429. The summed E-state index contributed by atoms with van der Waals surface area (Å²) >= 11 is 2.15. The molecule has 102 valence electrons. The second kappa shape index (κ2) is 5.11. The van der Waals surface area contributed by atoms with E-state index in [9.17, 15) is 9.59 Å². The molecule has 0 radical (unpaired) electrons. The van der Waals surface area contributed by atoms with Crippen LogP contribution in [0.1, 0.15) is 24.2 Å². The molecule has 0 atom stereocenters. The second-order valence-electron chi connectivity index (χ2n) is 5.22. The number of carbonyl (C=O) groups excluding carboxylic acids is 2. The maximum absolute atomic E-state index is 12.6. The summed E-state index contributed by atoms with van der Waals surface area (Å²) in [5.74, 6) is -0.0884. The van der Waals surface area contributed by atoms with Crippen LogP contribution in [0.3, 0.4) is 0 Å². The van der Waals surface area contributed by atoms with Gasteiger partial charge in [0, 0.05) is 23.7 Å². The average molecular weight is 372 g/mol. The maximum atomic E-state index is 12.6. The lowest BCUT2D eigenvalue weighted by Gasteiger charge is -2.44. The third kappa shape index (κ3) is 2.48. The Balaban J connectivity index is 2.34. The highest BCUT2D eigenvalue weighted by atomic mass is 127. The quantitative estimate of drug-likeness (QED) is 0.708. The van der Waals surface area contributed by atoms with Gasteiger partial charge in [-0.25, -0.2) is 0 Å². The Morgan fingerprint density at radius 2 is 1.89 bits per heavy atom. The summed E-state index contributed by atoms with van der Waals surface area (Å²) in [4.78, 5) is 28.2. The summed E-state index contributed by atoms with van der Waals surface area (Å²) in [6.07, 6.45) is 0. The van der Waals surface area contributed by atoms with Crippen molar-refractivity contribution in [2.45, 2.75) is 19.4 Å². The van der Waals surface area contributed by atoms with E-state index in [1.165, 1.54) is 0 Å². The van der Waals surface area contributed by atoms with Gasteiger partial charge in [0.25, 0.3) is 5.91 Å². The average Bonchev–Trinajstić information content (AvgIpc) is 2.36. The molecule has 4 nitrogen and oxygen atoms in total. The number of piperazine rings is 1. The SMILES string of the molecule is CN1CCN(C(=O)c2ccccc2I)C(C)(C)C1=O. The smallest absolute Gasteiger partial charge is 0.255 e. The Morgan fingerprint density at radius 3 is 2.53 bits per heavy atom. The molecule has 1 fully saturated rings. The van der Waals surface area contributed by atoms with Gasteiger partial charge in [0.15, 0.2) is 0 Å². The summed E-state index contributed by atoms with van der Waals surface area (Å²) < 4.78 is 0.910. The third-order valence-corrected chi connectivity index (χ3v) is 4.49. The molecule has 0 bridgehead atoms. The largest absolute Gasteiger partial charge is 0.342 e. The minimum Gasteiger partial charge on any atom is -0.342 e. The zero-order chi connectivity index (χ0) is 14.2. The van der Waals surface area contributed by atoms with Gasteiger partial charge in [-0.2, -0.15) is 0 Å². The number of rotatable bonds is 1. The van der Waals surface area contributed by atoms with Gasteiger partial charge in [0.05, 0.1) is 5.56 Å². The van der Waals surface area contributed by atoms with Crippen LogP contribution in [0.25, 0.3) is 0 Å². The summed E-state index contributed by atoms with van der Waals surface area (Å²) in [7, 11) is 1.78. The van der Waals surface area contributed by atoms with Crippen molar-refractivity contribution < 1.29 is 9.59 Å². The number of hydrogen-bond acceptors (Lipinski definition) is 2. The minimum absolute atomic E-state index is 0.0157. The number of hydrogen-bond donors (Lipinski definition) is 0. The molecule has 1 heterocycles. The summed E-state index contributed by atoms with van der Waals surface area (Å²) in [6.45, 7) is 4.76. The van der Waals surface area contributed by atoms with E-state index in [1.54, 1.807) is 30.7 Å². The number of nitrogens with zero attached hydrogens (tertiary/aromatic N) is 2. The third-order valence-electron chi connectivity index (χ3n) is 3.55. The Kier molecular flexibility index (Phi) is 3.85. The van der Waals surface area contributed by atoms with E-state index in [4.69, 9.17) is 0 Å². The molecule has 19 heavy (non-hydrogen) atoms. The second-order valence-corrected chi connectivity index (χ2v) is 6.38. The van der Waals surface area contributed by atoms with Gasteiger partial charge >= 0.3 is 0 Å². The van der Waals surface area contributed by atoms with Crippen LogP contribution in [0.2, 0.25) is 0 Å². The summed E-state index contributed by atoms with van der Waals surface area (Å²) in [5.41, 5.74) is -0.128. The number of amides is 2. The maximum Gasteiger partial charge on any atom is 0.255 e. The van der Waals surface area contributed by atoms with Crippen LogP contribution < -0.4 is 0 Å². The summed E-state index contributed by atoms with van der Waals surface area (Å²) in [6, 6.07) is 7.46. The van der Waals surface area contributed by atoms with E-state index in [0.717, 1.165) is 3.57 Å². The van der Waals surface area contributed by atoms with Crippen LogP contribution in [0.5, 0.6) is 0 Å². The first-order valence-corrected chi connectivity index (χ1v) is 7.25. The van der Waals surface area contributed by atoms with Crippen LogP contribution in [0.4, 0.5) is 0 Å². The Bertz CT molecular complexity index is 528. The molecule has 1 aliphatic heterocycles. The first-order chi connectivity index (χ1) is 8.85. The van der Waals surface area contributed by atoms with E-state index in [2.05, 4.69) is 22.6 Å². The fourth-order valence-corrected chi connectivity index (χ4v) is 2.97. The van der Waals surface area contributed by atoms with E-state index in [-0.39, 0.29) is 11.8 Å². The molecule has 0 N–H and O–H groups in total. The highest BCUT2D eigenvalue weighted by Gasteiger charge is 2.43. The zero-order valence-corrected chi connectivity index (χ0v) is 13.5. The van der Waals surface area contributed by atoms with Crippen molar-refractivity contribution in [3.63, 3.8) is 0 Å². The number of likely N-dealkylation sites (N-methyl/N-ethyl adjacent to an activating group) is 1. The van der Waals surface area contributed by atoms with Crippen molar-refractivity contribution >= 4 is 34.4 Å². The molecule has 0 aromatic heterocycles. The van der Waals surface area contributed by atoms with Gasteiger partial charge in [-0.3, -0.25) is 9.59 Å². The Hall–Kier alpha value is -1.11. The Morgan fingerprint density at radius 1 is 1.26 bits per heavy atom. The number of benzene rings is 1. The molecule has 1 aromatic carbocycles. The molecule has 2 amide bonds. The molecule has 0 saturated carbocycles. The van der Waals surface area contributed by atoms with Crippen molar-refractivity contribution in [1.82, 2.24) is 9.80 Å².